The van der Waals surface area contributed by atoms with E-state index in [1.165, 1.54) is 6.33 Å². The molecule has 7 nitrogen and oxygen atoms in total. The highest BCUT2D eigenvalue weighted by molar-refractivity contribution is 5.76. The van der Waals surface area contributed by atoms with Crippen LogP contribution in [0.1, 0.15) is 38.0 Å². The van der Waals surface area contributed by atoms with Crippen molar-refractivity contribution in [3.8, 4) is 0 Å². The first kappa shape index (κ1) is 15.2. The van der Waals surface area contributed by atoms with Gasteiger partial charge in [0.15, 0.2) is 0 Å². The number of amides is 1. The normalized spacial score (nSPS) is 12.6. The molecule has 1 amide bonds. The molecular formula is C14H22N6O. The SMILES string of the molecule is Cc1nccn1CC(=O)N[C@H](CC(C)C)c1ncnn1C. The van der Waals surface area contributed by atoms with E-state index in [2.05, 4.69) is 34.2 Å². The van der Waals surface area contributed by atoms with Gasteiger partial charge in [0.05, 0.1) is 6.04 Å². The molecule has 2 heterocycles. The molecule has 0 unspecified atom stereocenters. The third kappa shape index (κ3) is 3.90. The maximum Gasteiger partial charge on any atom is 0.240 e. The largest absolute Gasteiger partial charge is 0.345 e. The quantitative estimate of drug-likeness (QED) is 0.868. The fourth-order valence-corrected chi connectivity index (χ4v) is 2.29. The highest BCUT2D eigenvalue weighted by atomic mass is 16.2. The van der Waals surface area contributed by atoms with Gasteiger partial charge in [-0.25, -0.2) is 9.97 Å². The molecule has 0 aliphatic heterocycles. The second-order valence-corrected chi connectivity index (χ2v) is 5.59. The number of hydrogen-bond acceptors (Lipinski definition) is 4. The van der Waals surface area contributed by atoms with E-state index in [1.54, 1.807) is 17.1 Å². The summed E-state index contributed by atoms with van der Waals surface area (Å²) in [5, 5.41) is 7.13. The van der Waals surface area contributed by atoms with Crippen LogP contribution in [0.25, 0.3) is 0 Å². The lowest BCUT2D eigenvalue weighted by Crippen LogP contribution is -2.34. The van der Waals surface area contributed by atoms with Crippen LogP contribution in [0.5, 0.6) is 0 Å². The third-order valence-corrected chi connectivity index (χ3v) is 3.34. The molecule has 0 radical (unpaired) electrons. The molecular weight excluding hydrogens is 268 g/mol. The van der Waals surface area contributed by atoms with Crippen LogP contribution in [0.15, 0.2) is 18.7 Å². The molecule has 2 rings (SSSR count). The Bertz CT molecular complexity index is 600. The summed E-state index contributed by atoms with van der Waals surface area (Å²) in [5.41, 5.74) is 0. The van der Waals surface area contributed by atoms with Crippen LogP contribution in [0, 0.1) is 12.8 Å². The zero-order valence-corrected chi connectivity index (χ0v) is 12.9. The van der Waals surface area contributed by atoms with Gasteiger partial charge in [0.1, 0.15) is 24.5 Å². The summed E-state index contributed by atoms with van der Waals surface area (Å²) in [6.45, 7) is 6.38. The van der Waals surface area contributed by atoms with Gasteiger partial charge in [0.2, 0.25) is 5.91 Å². The predicted molar refractivity (Wildman–Crippen MR) is 78.3 cm³/mol. The zero-order chi connectivity index (χ0) is 15.4. The molecule has 2 aromatic heterocycles. The minimum Gasteiger partial charge on any atom is -0.345 e. The van der Waals surface area contributed by atoms with Crippen molar-refractivity contribution in [3.63, 3.8) is 0 Å². The van der Waals surface area contributed by atoms with Crippen LogP contribution >= 0.6 is 0 Å². The molecule has 2 aromatic rings. The lowest BCUT2D eigenvalue weighted by atomic mass is 10.0. The Morgan fingerprint density at radius 1 is 1.38 bits per heavy atom. The van der Waals surface area contributed by atoms with E-state index in [0.29, 0.717) is 5.92 Å². The highest BCUT2D eigenvalue weighted by Crippen LogP contribution is 2.18. The second kappa shape index (κ2) is 6.51. The van der Waals surface area contributed by atoms with Crippen LogP contribution in [0.4, 0.5) is 0 Å². The van der Waals surface area contributed by atoms with Gasteiger partial charge in [0.25, 0.3) is 0 Å². The first-order valence-electron chi connectivity index (χ1n) is 7.08. The molecule has 0 aliphatic rings. The van der Waals surface area contributed by atoms with E-state index in [1.807, 2.05) is 18.5 Å². The zero-order valence-electron chi connectivity index (χ0n) is 12.9. The van der Waals surface area contributed by atoms with Crippen LogP contribution in [-0.2, 0) is 18.4 Å². The number of carbonyl (C=O) groups is 1. The summed E-state index contributed by atoms with van der Waals surface area (Å²) in [5.74, 6) is 2.00. The third-order valence-electron chi connectivity index (χ3n) is 3.34. The monoisotopic (exact) mass is 290 g/mol. The molecule has 0 saturated carbocycles. The lowest BCUT2D eigenvalue weighted by Gasteiger charge is -2.20. The maximum absolute atomic E-state index is 12.2. The van der Waals surface area contributed by atoms with Crippen molar-refractivity contribution in [2.75, 3.05) is 0 Å². The Morgan fingerprint density at radius 3 is 2.67 bits per heavy atom. The fourth-order valence-electron chi connectivity index (χ4n) is 2.29. The highest BCUT2D eigenvalue weighted by Gasteiger charge is 2.20. The first-order chi connectivity index (χ1) is 9.97. The van der Waals surface area contributed by atoms with Gasteiger partial charge in [-0.05, 0) is 19.3 Å². The van der Waals surface area contributed by atoms with Gasteiger partial charge in [-0.15, -0.1) is 0 Å². The summed E-state index contributed by atoms with van der Waals surface area (Å²) in [7, 11) is 1.84. The van der Waals surface area contributed by atoms with Crippen molar-refractivity contribution in [1.29, 1.82) is 0 Å². The number of rotatable bonds is 6. The lowest BCUT2D eigenvalue weighted by molar-refractivity contribution is -0.122. The van der Waals surface area contributed by atoms with Gasteiger partial charge in [-0.2, -0.15) is 5.10 Å². The van der Waals surface area contributed by atoms with Crippen molar-refractivity contribution in [2.24, 2.45) is 13.0 Å². The Morgan fingerprint density at radius 2 is 2.14 bits per heavy atom. The fraction of sp³-hybridized carbons (Fsp3) is 0.571. The van der Waals surface area contributed by atoms with Gasteiger partial charge in [-0.1, -0.05) is 13.8 Å². The first-order valence-corrected chi connectivity index (χ1v) is 7.08. The molecule has 114 valence electrons. The Balaban J connectivity index is 2.06. The molecule has 1 atom stereocenters. The second-order valence-electron chi connectivity index (χ2n) is 5.59. The summed E-state index contributed by atoms with van der Waals surface area (Å²) in [6, 6.07) is -0.131. The number of nitrogens with one attached hydrogen (secondary N) is 1. The van der Waals surface area contributed by atoms with Crippen molar-refractivity contribution in [2.45, 2.75) is 39.8 Å². The molecule has 1 N–H and O–H groups in total. The molecule has 0 aliphatic carbocycles. The summed E-state index contributed by atoms with van der Waals surface area (Å²) < 4.78 is 3.52. The summed E-state index contributed by atoms with van der Waals surface area (Å²) in [4.78, 5) is 20.6. The number of carbonyl (C=O) groups excluding carboxylic acids is 1. The summed E-state index contributed by atoms with van der Waals surface area (Å²) >= 11 is 0. The van der Waals surface area contributed by atoms with Crippen LogP contribution in [0.3, 0.4) is 0 Å². The standard InChI is InChI=1S/C14H22N6O/c1-10(2)7-12(14-16-9-17-19(14)4)18-13(21)8-20-6-5-15-11(20)3/h5-6,9-10,12H,7-8H2,1-4H3,(H,18,21)/t12-/m1/s1. The van der Waals surface area contributed by atoms with E-state index in [-0.39, 0.29) is 18.5 Å². The smallest absolute Gasteiger partial charge is 0.240 e. The molecule has 0 fully saturated rings. The Hall–Kier alpha value is -2.18. The Labute approximate surface area is 124 Å². The van der Waals surface area contributed by atoms with Crippen LogP contribution < -0.4 is 5.32 Å². The molecule has 7 heteroatoms. The predicted octanol–water partition coefficient (Wildman–Crippen LogP) is 1.22. The minimum absolute atomic E-state index is 0.0512. The van der Waals surface area contributed by atoms with Gasteiger partial charge in [0, 0.05) is 19.4 Å². The molecule has 0 saturated heterocycles. The maximum atomic E-state index is 12.2. The van der Waals surface area contributed by atoms with Gasteiger partial charge in [-0.3, -0.25) is 9.48 Å². The molecule has 0 spiro atoms. The van der Waals surface area contributed by atoms with Crippen molar-refractivity contribution < 1.29 is 4.79 Å². The van der Waals surface area contributed by atoms with Crippen molar-refractivity contribution in [1.82, 2.24) is 29.6 Å². The summed E-state index contributed by atoms with van der Waals surface area (Å²) in [6.07, 6.45) is 5.82. The average Bonchev–Trinajstić information content (AvgIpc) is 2.98. The molecule has 0 bridgehead atoms. The minimum atomic E-state index is -0.131. The van der Waals surface area contributed by atoms with E-state index in [9.17, 15) is 4.79 Å². The number of nitrogens with zero attached hydrogens (tertiary/aromatic N) is 5. The number of aromatic nitrogens is 5. The van der Waals surface area contributed by atoms with Crippen LogP contribution in [0.2, 0.25) is 0 Å². The van der Waals surface area contributed by atoms with Crippen LogP contribution in [-0.4, -0.2) is 30.2 Å². The number of aryl methyl sites for hydroxylation is 2. The van der Waals surface area contributed by atoms with Gasteiger partial charge < -0.3 is 9.88 Å². The van der Waals surface area contributed by atoms with E-state index >= 15 is 0 Å². The molecule has 21 heavy (non-hydrogen) atoms. The number of imidazole rings is 1. The number of hydrogen-bond donors (Lipinski definition) is 1. The Kier molecular flexibility index (Phi) is 4.72. The average molecular weight is 290 g/mol. The van der Waals surface area contributed by atoms with Gasteiger partial charge >= 0.3 is 0 Å². The topological polar surface area (TPSA) is 77.6 Å². The van der Waals surface area contributed by atoms with Crippen molar-refractivity contribution >= 4 is 5.91 Å². The molecule has 0 aromatic carbocycles. The van der Waals surface area contributed by atoms with E-state index in [0.717, 1.165) is 18.1 Å². The van der Waals surface area contributed by atoms with E-state index in [4.69, 9.17) is 0 Å². The van der Waals surface area contributed by atoms with E-state index < -0.39 is 0 Å². The van der Waals surface area contributed by atoms with Crippen molar-refractivity contribution in [3.05, 3.63) is 30.4 Å².